The molecular formula is C13H22N2. The molecule has 1 unspecified atom stereocenters. The van der Waals surface area contributed by atoms with Crippen molar-refractivity contribution in [2.75, 3.05) is 0 Å². The number of nitrogens with zero attached hydrogens (tertiary/aromatic N) is 1. The minimum atomic E-state index is 0.649. The topological polar surface area (TPSA) is 24.9 Å². The van der Waals surface area contributed by atoms with Gasteiger partial charge in [0.15, 0.2) is 0 Å². The van der Waals surface area contributed by atoms with E-state index < -0.39 is 0 Å². The van der Waals surface area contributed by atoms with E-state index in [1.54, 1.807) is 0 Å². The Morgan fingerprint density at radius 3 is 2.67 bits per heavy atom. The standard InChI is InChI=1S/C13H22N2/c1-4-6-13(5-2)15-10-12-8-7-11(3)14-9-12/h7-9,13,15H,4-6,10H2,1-3H3. The molecule has 0 aromatic carbocycles. The zero-order valence-corrected chi connectivity index (χ0v) is 10.1. The largest absolute Gasteiger partial charge is 0.310 e. The molecule has 0 aliphatic carbocycles. The smallest absolute Gasteiger partial charge is 0.0372 e. The molecule has 15 heavy (non-hydrogen) atoms. The van der Waals surface area contributed by atoms with Crippen molar-refractivity contribution in [3.05, 3.63) is 29.6 Å². The first kappa shape index (κ1) is 12.2. The summed E-state index contributed by atoms with van der Waals surface area (Å²) in [6.45, 7) is 7.42. The van der Waals surface area contributed by atoms with E-state index in [0.29, 0.717) is 6.04 Å². The van der Waals surface area contributed by atoms with E-state index in [4.69, 9.17) is 0 Å². The van der Waals surface area contributed by atoms with Crippen LogP contribution < -0.4 is 5.32 Å². The molecule has 0 radical (unpaired) electrons. The predicted molar refractivity (Wildman–Crippen MR) is 64.8 cm³/mol. The molecule has 1 N–H and O–H groups in total. The monoisotopic (exact) mass is 206 g/mol. The summed E-state index contributed by atoms with van der Waals surface area (Å²) in [6, 6.07) is 4.86. The van der Waals surface area contributed by atoms with E-state index >= 15 is 0 Å². The van der Waals surface area contributed by atoms with Crippen molar-refractivity contribution in [1.29, 1.82) is 0 Å². The third-order valence-electron chi connectivity index (χ3n) is 2.70. The van der Waals surface area contributed by atoms with Crippen LogP contribution >= 0.6 is 0 Å². The highest BCUT2D eigenvalue weighted by molar-refractivity contribution is 5.12. The van der Waals surface area contributed by atoms with Gasteiger partial charge in [-0.3, -0.25) is 4.98 Å². The van der Waals surface area contributed by atoms with Crippen LogP contribution in [0.5, 0.6) is 0 Å². The summed E-state index contributed by atoms with van der Waals surface area (Å²) in [5, 5.41) is 3.57. The predicted octanol–water partition coefficient (Wildman–Crippen LogP) is 3.06. The summed E-state index contributed by atoms with van der Waals surface area (Å²) in [7, 11) is 0. The van der Waals surface area contributed by atoms with Crippen molar-refractivity contribution in [2.45, 2.75) is 52.6 Å². The highest BCUT2D eigenvalue weighted by Crippen LogP contribution is 2.04. The molecule has 0 saturated carbocycles. The van der Waals surface area contributed by atoms with Crippen LogP contribution in [0, 0.1) is 6.92 Å². The first-order valence-corrected chi connectivity index (χ1v) is 5.91. The molecule has 0 bridgehead atoms. The van der Waals surface area contributed by atoms with E-state index in [-0.39, 0.29) is 0 Å². The van der Waals surface area contributed by atoms with Crippen molar-refractivity contribution < 1.29 is 0 Å². The van der Waals surface area contributed by atoms with Crippen LogP contribution in [-0.2, 0) is 6.54 Å². The Morgan fingerprint density at radius 1 is 1.33 bits per heavy atom. The lowest BCUT2D eigenvalue weighted by molar-refractivity contribution is 0.462. The SMILES string of the molecule is CCCC(CC)NCc1ccc(C)nc1. The number of hydrogen-bond donors (Lipinski definition) is 1. The molecule has 0 amide bonds. The van der Waals surface area contributed by atoms with E-state index in [1.807, 2.05) is 13.1 Å². The number of hydrogen-bond acceptors (Lipinski definition) is 2. The molecule has 84 valence electrons. The quantitative estimate of drug-likeness (QED) is 0.773. The highest BCUT2D eigenvalue weighted by Gasteiger charge is 2.03. The molecule has 1 heterocycles. The van der Waals surface area contributed by atoms with Gasteiger partial charge in [0.25, 0.3) is 0 Å². The van der Waals surface area contributed by atoms with Crippen molar-refractivity contribution in [2.24, 2.45) is 0 Å². The third kappa shape index (κ3) is 4.43. The van der Waals surface area contributed by atoms with Crippen LogP contribution in [0.15, 0.2) is 18.3 Å². The Balaban J connectivity index is 2.38. The zero-order valence-electron chi connectivity index (χ0n) is 10.1. The van der Waals surface area contributed by atoms with Gasteiger partial charge in [0.2, 0.25) is 0 Å². The van der Waals surface area contributed by atoms with E-state index in [2.05, 4.69) is 36.3 Å². The lowest BCUT2D eigenvalue weighted by Gasteiger charge is -2.15. The second-order valence-corrected chi connectivity index (χ2v) is 4.08. The Labute approximate surface area is 93.1 Å². The molecular weight excluding hydrogens is 184 g/mol. The minimum Gasteiger partial charge on any atom is -0.310 e. The fourth-order valence-corrected chi connectivity index (χ4v) is 1.66. The molecule has 0 fully saturated rings. The van der Waals surface area contributed by atoms with Gasteiger partial charge in [-0.1, -0.05) is 26.3 Å². The van der Waals surface area contributed by atoms with Crippen LogP contribution in [0.1, 0.15) is 44.4 Å². The molecule has 2 nitrogen and oxygen atoms in total. The molecule has 0 saturated heterocycles. The Bertz CT molecular complexity index is 266. The average molecular weight is 206 g/mol. The van der Waals surface area contributed by atoms with Gasteiger partial charge in [-0.25, -0.2) is 0 Å². The van der Waals surface area contributed by atoms with Gasteiger partial charge >= 0.3 is 0 Å². The van der Waals surface area contributed by atoms with Gasteiger partial charge in [0.1, 0.15) is 0 Å². The lowest BCUT2D eigenvalue weighted by Crippen LogP contribution is -2.27. The normalized spacial score (nSPS) is 12.7. The molecule has 0 aliphatic heterocycles. The first-order valence-electron chi connectivity index (χ1n) is 5.91. The number of pyridine rings is 1. The average Bonchev–Trinajstić information content (AvgIpc) is 2.26. The third-order valence-corrected chi connectivity index (χ3v) is 2.70. The minimum absolute atomic E-state index is 0.649. The van der Waals surface area contributed by atoms with E-state index in [1.165, 1.54) is 24.8 Å². The van der Waals surface area contributed by atoms with Crippen molar-refractivity contribution in [3.63, 3.8) is 0 Å². The molecule has 2 heteroatoms. The van der Waals surface area contributed by atoms with Crippen LogP contribution in [-0.4, -0.2) is 11.0 Å². The number of nitrogens with one attached hydrogen (secondary N) is 1. The molecule has 1 aromatic heterocycles. The maximum absolute atomic E-state index is 4.29. The van der Waals surface area contributed by atoms with Crippen molar-refractivity contribution in [1.82, 2.24) is 10.3 Å². The Hall–Kier alpha value is -0.890. The fourth-order valence-electron chi connectivity index (χ4n) is 1.66. The molecule has 1 atom stereocenters. The van der Waals surface area contributed by atoms with Gasteiger partial charge in [0, 0.05) is 24.5 Å². The number of aryl methyl sites for hydroxylation is 1. The summed E-state index contributed by atoms with van der Waals surface area (Å²) in [6.07, 6.45) is 5.67. The van der Waals surface area contributed by atoms with Gasteiger partial charge in [-0.05, 0) is 31.4 Å². The fraction of sp³-hybridized carbons (Fsp3) is 0.615. The molecule has 0 spiro atoms. The first-order chi connectivity index (χ1) is 7.26. The van der Waals surface area contributed by atoms with Crippen LogP contribution in [0.25, 0.3) is 0 Å². The van der Waals surface area contributed by atoms with Crippen molar-refractivity contribution >= 4 is 0 Å². The molecule has 1 rings (SSSR count). The maximum Gasteiger partial charge on any atom is 0.0372 e. The highest BCUT2D eigenvalue weighted by atomic mass is 14.9. The van der Waals surface area contributed by atoms with Gasteiger partial charge in [0.05, 0.1) is 0 Å². The Morgan fingerprint density at radius 2 is 2.13 bits per heavy atom. The summed E-state index contributed by atoms with van der Waals surface area (Å²) in [5.74, 6) is 0. The maximum atomic E-state index is 4.29. The van der Waals surface area contributed by atoms with E-state index in [0.717, 1.165) is 12.2 Å². The number of rotatable bonds is 6. The molecule has 0 aliphatic rings. The van der Waals surface area contributed by atoms with E-state index in [9.17, 15) is 0 Å². The Kier molecular flexibility index (Phi) is 5.33. The summed E-state index contributed by atoms with van der Waals surface area (Å²) < 4.78 is 0. The second-order valence-electron chi connectivity index (χ2n) is 4.08. The van der Waals surface area contributed by atoms with Gasteiger partial charge < -0.3 is 5.32 Å². The summed E-state index contributed by atoms with van der Waals surface area (Å²) in [4.78, 5) is 4.29. The molecule has 1 aromatic rings. The summed E-state index contributed by atoms with van der Waals surface area (Å²) >= 11 is 0. The van der Waals surface area contributed by atoms with Gasteiger partial charge in [-0.15, -0.1) is 0 Å². The lowest BCUT2D eigenvalue weighted by atomic mass is 10.1. The number of aromatic nitrogens is 1. The van der Waals surface area contributed by atoms with Crippen LogP contribution in [0.3, 0.4) is 0 Å². The van der Waals surface area contributed by atoms with Gasteiger partial charge in [-0.2, -0.15) is 0 Å². The van der Waals surface area contributed by atoms with Crippen LogP contribution in [0.4, 0.5) is 0 Å². The summed E-state index contributed by atoms with van der Waals surface area (Å²) in [5.41, 5.74) is 2.36. The zero-order chi connectivity index (χ0) is 11.1. The second kappa shape index (κ2) is 6.57. The van der Waals surface area contributed by atoms with Crippen LogP contribution in [0.2, 0.25) is 0 Å². The van der Waals surface area contributed by atoms with Crippen molar-refractivity contribution in [3.8, 4) is 0 Å².